The summed E-state index contributed by atoms with van der Waals surface area (Å²) in [6.07, 6.45) is 0. The first-order valence-electron chi connectivity index (χ1n) is 8.90. The highest BCUT2D eigenvalue weighted by Gasteiger charge is 2.16. The van der Waals surface area contributed by atoms with Crippen LogP contribution in [0.2, 0.25) is 0 Å². The second-order valence-corrected chi connectivity index (χ2v) is 6.73. The third-order valence-corrected chi connectivity index (χ3v) is 5.01. The molecule has 0 saturated carbocycles. The normalized spacial score (nSPS) is 11.0. The molecule has 0 aliphatic carbocycles. The fourth-order valence-corrected chi connectivity index (χ4v) is 3.49. The lowest BCUT2D eigenvalue weighted by Crippen LogP contribution is -2.07. The summed E-state index contributed by atoms with van der Waals surface area (Å²) < 4.78 is 2.29. The van der Waals surface area contributed by atoms with E-state index in [0.29, 0.717) is 0 Å². The molecule has 26 heavy (non-hydrogen) atoms. The lowest BCUT2D eigenvalue weighted by molar-refractivity contribution is 0.798. The van der Waals surface area contributed by atoms with Crippen LogP contribution in [0.4, 0.5) is 0 Å². The zero-order chi connectivity index (χ0) is 18.1. The van der Waals surface area contributed by atoms with Crippen molar-refractivity contribution in [2.24, 2.45) is 0 Å². The average Bonchev–Trinajstić information content (AvgIpc) is 3.03. The Kier molecular flexibility index (Phi) is 4.18. The molecule has 0 radical (unpaired) electrons. The van der Waals surface area contributed by atoms with E-state index in [9.17, 15) is 0 Å². The zero-order valence-electron chi connectivity index (χ0n) is 15.2. The van der Waals surface area contributed by atoms with Crippen LogP contribution in [-0.4, -0.2) is 9.55 Å². The lowest BCUT2D eigenvalue weighted by atomic mass is 10.0. The van der Waals surface area contributed by atoms with Crippen LogP contribution >= 0.6 is 0 Å². The van der Waals surface area contributed by atoms with E-state index in [1.54, 1.807) is 0 Å². The van der Waals surface area contributed by atoms with Gasteiger partial charge in [-0.3, -0.25) is 0 Å². The van der Waals surface area contributed by atoms with Crippen molar-refractivity contribution in [3.8, 4) is 0 Å². The van der Waals surface area contributed by atoms with Crippen molar-refractivity contribution in [1.29, 1.82) is 0 Å². The van der Waals surface area contributed by atoms with Gasteiger partial charge in [0, 0.05) is 5.57 Å². The summed E-state index contributed by atoms with van der Waals surface area (Å²) in [5, 5.41) is 0. The van der Waals surface area contributed by atoms with Crippen molar-refractivity contribution in [2.75, 3.05) is 0 Å². The molecule has 2 nitrogen and oxygen atoms in total. The van der Waals surface area contributed by atoms with Gasteiger partial charge in [-0.2, -0.15) is 0 Å². The quantitative estimate of drug-likeness (QED) is 0.462. The molecule has 0 aliphatic rings. The van der Waals surface area contributed by atoms with Gasteiger partial charge in [-0.05, 0) is 48.2 Å². The van der Waals surface area contributed by atoms with Crippen LogP contribution in [0.3, 0.4) is 0 Å². The fourth-order valence-electron chi connectivity index (χ4n) is 3.49. The predicted molar refractivity (Wildman–Crippen MR) is 109 cm³/mol. The minimum Gasteiger partial charge on any atom is -0.319 e. The minimum absolute atomic E-state index is 0.792. The van der Waals surface area contributed by atoms with E-state index >= 15 is 0 Å². The number of imidazole rings is 1. The Bertz CT molecular complexity index is 1070. The van der Waals surface area contributed by atoms with Crippen LogP contribution in [0.1, 0.15) is 28.1 Å². The molecule has 4 aromatic rings. The molecule has 128 valence electrons. The van der Waals surface area contributed by atoms with Crippen LogP contribution in [0, 0.1) is 13.8 Å². The maximum atomic E-state index is 4.91. The number of rotatable bonds is 4. The highest BCUT2D eigenvalue weighted by molar-refractivity contribution is 5.83. The molecule has 0 unspecified atom stereocenters. The van der Waals surface area contributed by atoms with Gasteiger partial charge in [-0.15, -0.1) is 0 Å². The molecule has 4 rings (SSSR count). The van der Waals surface area contributed by atoms with Crippen molar-refractivity contribution in [3.63, 3.8) is 0 Å². The van der Waals surface area contributed by atoms with Gasteiger partial charge in [0.2, 0.25) is 0 Å². The van der Waals surface area contributed by atoms with Gasteiger partial charge in [-0.1, -0.05) is 67.2 Å². The van der Waals surface area contributed by atoms with E-state index in [4.69, 9.17) is 4.98 Å². The number of benzene rings is 3. The first kappa shape index (κ1) is 16.3. The number of aromatic nitrogens is 2. The molecule has 0 fully saturated rings. The molecule has 0 N–H and O–H groups in total. The number of hydrogen-bond acceptors (Lipinski definition) is 1. The molecule has 2 heteroatoms. The van der Waals surface area contributed by atoms with Crippen LogP contribution < -0.4 is 0 Å². The summed E-state index contributed by atoms with van der Waals surface area (Å²) in [6, 6.07) is 25.1. The molecule has 0 aliphatic heterocycles. The van der Waals surface area contributed by atoms with E-state index in [0.717, 1.165) is 34.5 Å². The second-order valence-electron chi connectivity index (χ2n) is 6.73. The van der Waals surface area contributed by atoms with Crippen molar-refractivity contribution in [1.82, 2.24) is 9.55 Å². The SMILES string of the molecule is C=C(c1ccccc1)c1nc2ccccc2n1Cc1c(C)cccc1C. The summed E-state index contributed by atoms with van der Waals surface area (Å²) in [5.74, 6) is 0.931. The minimum atomic E-state index is 0.792. The van der Waals surface area contributed by atoms with Crippen molar-refractivity contribution in [3.05, 3.63) is 107 Å². The summed E-state index contributed by atoms with van der Waals surface area (Å²) >= 11 is 0. The van der Waals surface area contributed by atoms with E-state index in [-0.39, 0.29) is 0 Å². The molecular weight excluding hydrogens is 316 g/mol. The molecule has 0 atom stereocenters. The first-order valence-corrected chi connectivity index (χ1v) is 8.90. The zero-order valence-corrected chi connectivity index (χ0v) is 15.2. The third kappa shape index (κ3) is 2.84. The Labute approximate surface area is 154 Å². The smallest absolute Gasteiger partial charge is 0.141 e. The van der Waals surface area contributed by atoms with E-state index in [1.807, 2.05) is 24.3 Å². The maximum absolute atomic E-state index is 4.91. The summed E-state index contributed by atoms with van der Waals surface area (Å²) in [6.45, 7) is 9.49. The molecule has 1 aromatic heterocycles. The number of aryl methyl sites for hydroxylation is 2. The molecule has 0 spiro atoms. The molecule has 0 saturated heterocycles. The molecular formula is C24H22N2. The van der Waals surface area contributed by atoms with Gasteiger partial charge < -0.3 is 4.57 Å². The summed E-state index contributed by atoms with van der Waals surface area (Å²) in [5.41, 5.74) is 8.16. The Morgan fingerprint density at radius 1 is 0.846 bits per heavy atom. The lowest BCUT2D eigenvalue weighted by Gasteiger charge is -2.15. The van der Waals surface area contributed by atoms with Gasteiger partial charge >= 0.3 is 0 Å². The van der Waals surface area contributed by atoms with Crippen LogP contribution in [0.15, 0.2) is 79.4 Å². The molecule has 1 heterocycles. The van der Waals surface area contributed by atoms with E-state index < -0.39 is 0 Å². The number of fused-ring (bicyclic) bond motifs is 1. The molecule has 0 amide bonds. The highest BCUT2D eigenvalue weighted by atomic mass is 15.1. The third-order valence-electron chi connectivity index (χ3n) is 5.01. The van der Waals surface area contributed by atoms with E-state index in [1.165, 1.54) is 16.7 Å². The summed E-state index contributed by atoms with van der Waals surface area (Å²) in [7, 11) is 0. The van der Waals surface area contributed by atoms with Gasteiger partial charge in [0.05, 0.1) is 17.6 Å². The monoisotopic (exact) mass is 338 g/mol. The first-order chi connectivity index (χ1) is 12.6. The topological polar surface area (TPSA) is 17.8 Å². The standard InChI is InChI=1S/C24H22N2/c1-17-10-9-11-18(2)21(17)16-26-23-15-8-7-14-22(23)25-24(26)19(3)20-12-5-4-6-13-20/h4-15H,3,16H2,1-2H3. The van der Waals surface area contributed by atoms with Gasteiger partial charge in [0.25, 0.3) is 0 Å². The molecule has 3 aromatic carbocycles. The van der Waals surface area contributed by atoms with Crippen molar-refractivity contribution < 1.29 is 0 Å². The number of hydrogen-bond donors (Lipinski definition) is 0. The van der Waals surface area contributed by atoms with Crippen molar-refractivity contribution >= 4 is 16.6 Å². The van der Waals surface area contributed by atoms with Gasteiger partial charge in [0.15, 0.2) is 0 Å². The van der Waals surface area contributed by atoms with Crippen molar-refractivity contribution in [2.45, 2.75) is 20.4 Å². The van der Waals surface area contributed by atoms with Crippen LogP contribution in [-0.2, 0) is 6.54 Å². The predicted octanol–water partition coefficient (Wildman–Crippen LogP) is 5.76. The average molecular weight is 338 g/mol. The Balaban J connectivity index is 1.89. The van der Waals surface area contributed by atoms with Crippen LogP contribution in [0.5, 0.6) is 0 Å². The Hall–Kier alpha value is -3.13. The van der Waals surface area contributed by atoms with Crippen LogP contribution in [0.25, 0.3) is 16.6 Å². The molecule has 0 bridgehead atoms. The fraction of sp³-hybridized carbons (Fsp3) is 0.125. The maximum Gasteiger partial charge on any atom is 0.141 e. The number of nitrogens with zero attached hydrogens (tertiary/aromatic N) is 2. The number of para-hydroxylation sites is 2. The van der Waals surface area contributed by atoms with Gasteiger partial charge in [-0.25, -0.2) is 4.98 Å². The van der Waals surface area contributed by atoms with E-state index in [2.05, 4.69) is 73.5 Å². The van der Waals surface area contributed by atoms with Gasteiger partial charge in [0.1, 0.15) is 5.82 Å². The summed E-state index contributed by atoms with van der Waals surface area (Å²) in [4.78, 5) is 4.91. The highest BCUT2D eigenvalue weighted by Crippen LogP contribution is 2.27. The largest absolute Gasteiger partial charge is 0.319 e. The second kappa shape index (κ2) is 6.64. The Morgan fingerprint density at radius 3 is 2.23 bits per heavy atom. The Morgan fingerprint density at radius 2 is 1.50 bits per heavy atom.